The lowest BCUT2D eigenvalue weighted by molar-refractivity contribution is -0.136. The maximum atomic E-state index is 12.6. The van der Waals surface area contributed by atoms with Crippen LogP contribution in [0.4, 0.5) is 4.79 Å². The van der Waals surface area contributed by atoms with E-state index in [0.29, 0.717) is 37.7 Å². The maximum Gasteiger partial charge on any atom is 0.405 e. The standard InChI is InChI=1S/C18H28N4O5/c1-11(2)16(19-18(24)25)17(23)22-9-7-13(8-10-22)27-15-6-5-14(20-21-15)26-12(3)4/h5-6,11-13,16,19H,7-10H2,1-4H3,(H,24,25)/t16-/m0/s1. The first-order chi connectivity index (χ1) is 12.8. The quantitative estimate of drug-likeness (QED) is 0.743. The third-order valence-corrected chi connectivity index (χ3v) is 4.22. The molecule has 27 heavy (non-hydrogen) atoms. The zero-order chi connectivity index (χ0) is 20.0. The van der Waals surface area contributed by atoms with Gasteiger partial charge in [-0.3, -0.25) is 4.79 Å². The third-order valence-electron chi connectivity index (χ3n) is 4.22. The first kappa shape index (κ1) is 20.7. The highest BCUT2D eigenvalue weighted by molar-refractivity contribution is 5.85. The van der Waals surface area contributed by atoms with Gasteiger partial charge >= 0.3 is 6.09 Å². The first-order valence-electron chi connectivity index (χ1n) is 9.21. The van der Waals surface area contributed by atoms with Crippen LogP contribution in [-0.2, 0) is 4.79 Å². The minimum atomic E-state index is -1.19. The van der Waals surface area contributed by atoms with Crippen molar-refractivity contribution in [3.05, 3.63) is 12.1 Å². The summed E-state index contributed by atoms with van der Waals surface area (Å²) in [7, 11) is 0. The second-order valence-electron chi connectivity index (χ2n) is 7.19. The molecule has 0 saturated carbocycles. The lowest BCUT2D eigenvalue weighted by atomic mass is 10.0. The van der Waals surface area contributed by atoms with Crippen LogP contribution in [0.5, 0.6) is 11.8 Å². The van der Waals surface area contributed by atoms with Gasteiger partial charge in [-0.2, -0.15) is 0 Å². The van der Waals surface area contributed by atoms with Crippen LogP contribution in [0.3, 0.4) is 0 Å². The van der Waals surface area contributed by atoms with Crippen LogP contribution in [-0.4, -0.2) is 63.5 Å². The fourth-order valence-corrected chi connectivity index (χ4v) is 2.88. The number of hydrogen-bond donors (Lipinski definition) is 2. The SMILES string of the molecule is CC(C)Oc1ccc(OC2CCN(C(=O)[C@@H](NC(=O)O)C(C)C)CC2)nn1. The van der Waals surface area contributed by atoms with Crippen LogP contribution in [0.15, 0.2) is 12.1 Å². The van der Waals surface area contributed by atoms with Crippen LogP contribution in [0.25, 0.3) is 0 Å². The molecule has 0 aromatic carbocycles. The second kappa shape index (κ2) is 9.38. The number of piperidine rings is 1. The summed E-state index contributed by atoms with van der Waals surface area (Å²) in [4.78, 5) is 25.2. The molecule has 0 aliphatic carbocycles. The van der Waals surface area contributed by atoms with Gasteiger partial charge in [0.25, 0.3) is 0 Å². The van der Waals surface area contributed by atoms with E-state index >= 15 is 0 Å². The third kappa shape index (κ3) is 6.26. The molecule has 1 aliphatic rings. The van der Waals surface area contributed by atoms with Crippen molar-refractivity contribution in [3.63, 3.8) is 0 Å². The second-order valence-corrected chi connectivity index (χ2v) is 7.19. The van der Waals surface area contributed by atoms with Crippen LogP contribution < -0.4 is 14.8 Å². The van der Waals surface area contributed by atoms with Gasteiger partial charge in [0.15, 0.2) is 0 Å². The molecule has 0 radical (unpaired) electrons. The predicted octanol–water partition coefficient (Wildman–Crippen LogP) is 1.93. The number of carboxylic acid groups (broad SMARTS) is 1. The van der Waals surface area contributed by atoms with Crippen LogP contribution in [0, 0.1) is 5.92 Å². The minimum absolute atomic E-state index is 0.0261. The number of nitrogens with zero attached hydrogens (tertiary/aromatic N) is 3. The van der Waals surface area contributed by atoms with Gasteiger partial charge in [0.1, 0.15) is 12.1 Å². The van der Waals surface area contributed by atoms with Crippen molar-refractivity contribution >= 4 is 12.0 Å². The Bertz CT molecular complexity index is 627. The fourth-order valence-electron chi connectivity index (χ4n) is 2.88. The number of carbonyl (C=O) groups is 2. The predicted molar refractivity (Wildman–Crippen MR) is 97.8 cm³/mol. The Morgan fingerprint density at radius 2 is 1.74 bits per heavy atom. The van der Waals surface area contributed by atoms with Gasteiger partial charge in [0, 0.05) is 38.1 Å². The molecule has 1 aliphatic heterocycles. The minimum Gasteiger partial charge on any atom is -0.474 e. The molecular weight excluding hydrogens is 352 g/mol. The molecule has 2 N–H and O–H groups in total. The molecule has 1 fully saturated rings. The molecule has 0 spiro atoms. The van der Waals surface area contributed by atoms with E-state index in [-0.39, 0.29) is 24.0 Å². The van der Waals surface area contributed by atoms with E-state index in [1.807, 2.05) is 27.7 Å². The highest BCUT2D eigenvalue weighted by Crippen LogP contribution is 2.20. The topological polar surface area (TPSA) is 114 Å². The lowest BCUT2D eigenvalue weighted by Crippen LogP contribution is -2.53. The van der Waals surface area contributed by atoms with Gasteiger partial charge in [0.2, 0.25) is 17.7 Å². The van der Waals surface area contributed by atoms with Crippen LogP contribution in [0.1, 0.15) is 40.5 Å². The van der Waals surface area contributed by atoms with Crippen molar-refractivity contribution in [2.45, 2.75) is 58.8 Å². The Morgan fingerprint density at radius 1 is 1.15 bits per heavy atom. The summed E-state index contributed by atoms with van der Waals surface area (Å²) in [6, 6.07) is 2.69. The highest BCUT2D eigenvalue weighted by atomic mass is 16.5. The van der Waals surface area contributed by atoms with E-state index in [1.165, 1.54) is 0 Å². The van der Waals surface area contributed by atoms with Crippen molar-refractivity contribution in [1.82, 2.24) is 20.4 Å². The number of rotatable bonds is 7. The lowest BCUT2D eigenvalue weighted by Gasteiger charge is -2.34. The van der Waals surface area contributed by atoms with Gasteiger partial charge < -0.3 is 24.8 Å². The van der Waals surface area contributed by atoms with Gasteiger partial charge in [0.05, 0.1) is 6.10 Å². The smallest absolute Gasteiger partial charge is 0.405 e. The van der Waals surface area contributed by atoms with Crippen LogP contribution in [0.2, 0.25) is 0 Å². The summed E-state index contributed by atoms with van der Waals surface area (Å²) in [6.45, 7) is 8.49. The summed E-state index contributed by atoms with van der Waals surface area (Å²) >= 11 is 0. The summed E-state index contributed by atoms with van der Waals surface area (Å²) in [5.74, 6) is 0.553. The number of aromatic nitrogens is 2. The molecule has 1 saturated heterocycles. The van der Waals surface area contributed by atoms with Gasteiger partial charge in [-0.25, -0.2) is 4.79 Å². The molecule has 1 aromatic rings. The van der Waals surface area contributed by atoms with Crippen molar-refractivity contribution in [1.29, 1.82) is 0 Å². The molecule has 2 rings (SSSR count). The Balaban J connectivity index is 1.85. The molecule has 0 bridgehead atoms. The molecule has 2 amide bonds. The Hall–Kier alpha value is -2.58. The normalized spacial score (nSPS) is 16.3. The number of carbonyl (C=O) groups excluding carboxylic acids is 1. The summed E-state index contributed by atoms with van der Waals surface area (Å²) in [6.07, 6.45) is 0.0672. The van der Waals surface area contributed by atoms with E-state index in [0.717, 1.165) is 0 Å². The molecule has 1 aromatic heterocycles. The number of ether oxygens (including phenoxy) is 2. The van der Waals surface area contributed by atoms with Crippen molar-refractivity contribution < 1.29 is 24.2 Å². The largest absolute Gasteiger partial charge is 0.474 e. The van der Waals surface area contributed by atoms with E-state index in [4.69, 9.17) is 14.6 Å². The molecule has 150 valence electrons. The fraction of sp³-hybridized carbons (Fsp3) is 0.667. The van der Waals surface area contributed by atoms with E-state index in [9.17, 15) is 9.59 Å². The molecule has 9 heteroatoms. The van der Waals surface area contributed by atoms with Gasteiger partial charge in [-0.1, -0.05) is 13.8 Å². The number of amides is 2. The molecular formula is C18H28N4O5. The average molecular weight is 380 g/mol. The summed E-state index contributed by atoms with van der Waals surface area (Å²) in [5, 5.41) is 19.2. The van der Waals surface area contributed by atoms with Crippen LogP contribution >= 0.6 is 0 Å². The zero-order valence-corrected chi connectivity index (χ0v) is 16.2. The number of nitrogens with one attached hydrogen (secondary N) is 1. The average Bonchev–Trinajstić information content (AvgIpc) is 2.60. The van der Waals surface area contributed by atoms with E-state index < -0.39 is 12.1 Å². The molecule has 0 unspecified atom stereocenters. The van der Waals surface area contributed by atoms with Crippen molar-refractivity contribution in [2.75, 3.05) is 13.1 Å². The monoisotopic (exact) mass is 380 g/mol. The number of hydrogen-bond acceptors (Lipinski definition) is 6. The Kier molecular flexibility index (Phi) is 7.20. The maximum absolute atomic E-state index is 12.6. The summed E-state index contributed by atoms with van der Waals surface area (Å²) in [5.41, 5.74) is 0. The molecule has 1 atom stereocenters. The van der Waals surface area contributed by atoms with E-state index in [2.05, 4.69) is 15.5 Å². The highest BCUT2D eigenvalue weighted by Gasteiger charge is 2.31. The van der Waals surface area contributed by atoms with Gasteiger partial charge in [-0.05, 0) is 19.8 Å². The zero-order valence-electron chi connectivity index (χ0n) is 16.2. The van der Waals surface area contributed by atoms with Gasteiger partial charge in [-0.15, -0.1) is 10.2 Å². The molecule has 9 nitrogen and oxygen atoms in total. The Morgan fingerprint density at radius 3 is 2.22 bits per heavy atom. The van der Waals surface area contributed by atoms with E-state index in [1.54, 1.807) is 17.0 Å². The Labute approximate surface area is 159 Å². The molecule has 2 heterocycles. The van der Waals surface area contributed by atoms with Crippen molar-refractivity contribution in [3.8, 4) is 11.8 Å². The summed E-state index contributed by atoms with van der Waals surface area (Å²) < 4.78 is 11.3. The first-order valence-corrected chi connectivity index (χ1v) is 9.21. The number of likely N-dealkylation sites (tertiary alicyclic amines) is 1. The van der Waals surface area contributed by atoms with Crippen molar-refractivity contribution in [2.24, 2.45) is 5.92 Å².